The molecule has 2 aromatic heterocycles. The van der Waals surface area contributed by atoms with E-state index in [0.717, 1.165) is 48.9 Å². The number of thiophene rings is 1. The zero-order valence-electron chi connectivity index (χ0n) is 16.9. The molecule has 2 amide bonds. The van der Waals surface area contributed by atoms with Crippen LogP contribution < -0.4 is 16.0 Å². The van der Waals surface area contributed by atoms with E-state index in [1.54, 1.807) is 11.4 Å². The first-order chi connectivity index (χ1) is 14.6. The molecule has 7 nitrogen and oxygen atoms in total. The van der Waals surface area contributed by atoms with Gasteiger partial charge in [0.1, 0.15) is 0 Å². The topological polar surface area (TPSA) is 88.1 Å². The maximum Gasteiger partial charge on any atom is 0.258 e. The SMILES string of the molecule is C=CC(=O)Nc1cc(C(=O)Nc2nc3cccc(C)c3n2[C@@H]2CCCCNC2)cs1. The Morgan fingerprint density at radius 2 is 2.20 bits per heavy atom. The van der Waals surface area contributed by atoms with E-state index in [1.807, 2.05) is 12.1 Å². The molecule has 1 aliphatic rings. The quantitative estimate of drug-likeness (QED) is 0.539. The second-order valence-corrected chi connectivity index (χ2v) is 8.36. The summed E-state index contributed by atoms with van der Waals surface area (Å²) in [7, 11) is 0. The van der Waals surface area contributed by atoms with Gasteiger partial charge in [-0.3, -0.25) is 14.9 Å². The predicted molar refractivity (Wildman–Crippen MR) is 121 cm³/mol. The maximum absolute atomic E-state index is 12.9. The number of imidazole rings is 1. The minimum atomic E-state index is -0.304. The van der Waals surface area contributed by atoms with Crippen molar-refractivity contribution in [3.63, 3.8) is 0 Å². The molecule has 1 aromatic carbocycles. The number of rotatable bonds is 5. The molecular formula is C22H25N5O2S. The fourth-order valence-corrected chi connectivity index (χ4v) is 4.64. The Morgan fingerprint density at radius 1 is 1.33 bits per heavy atom. The molecule has 1 aliphatic heterocycles. The van der Waals surface area contributed by atoms with Gasteiger partial charge in [-0.15, -0.1) is 11.3 Å². The Morgan fingerprint density at radius 3 is 3.03 bits per heavy atom. The summed E-state index contributed by atoms with van der Waals surface area (Å²) in [6.07, 6.45) is 4.52. The molecule has 3 aromatic rings. The van der Waals surface area contributed by atoms with E-state index in [-0.39, 0.29) is 17.9 Å². The van der Waals surface area contributed by atoms with Crippen molar-refractivity contribution in [3.05, 3.63) is 53.4 Å². The molecule has 0 aliphatic carbocycles. The van der Waals surface area contributed by atoms with E-state index in [0.29, 0.717) is 16.5 Å². The summed E-state index contributed by atoms with van der Waals surface area (Å²) in [6.45, 7) is 7.37. The molecule has 0 bridgehead atoms. The van der Waals surface area contributed by atoms with E-state index in [4.69, 9.17) is 4.98 Å². The van der Waals surface area contributed by atoms with Crippen LogP contribution in [-0.2, 0) is 4.79 Å². The van der Waals surface area contributed by atoms with Gasteiger partial charge in [0.15, 0.2) is 0 Å². The predicted octanol–water partition coefficient (Wildman–Crippen LogP) is 4.10. The smallest absolute Gasteiger partial charge is 0.258 e. The van der Waals surface area contributed by atoms with Gasteiger partial charge in [0.25, 0.3) is 5.91 Å². The Kier molecular flexibility index (Phi) is 5.96. The van der Waals surface area contributed by atoms with Crippen molar-refractivity contribution in [2.75, 3.05) is 23.7 Å². The zero-order chi connectivity index (χ0) is 21.1. The first kappa shape index (κ1) is 20.3. The van der Waals surface area contributed by atoms with Gasteiger partial charge < -0.3 is 15.2 Å². The molecule has 30 heavy (non-hydrogen) atoms. The number of para-hydroxylation sites is 1. The molecule has 0 radical (unpaired) electrons. The molecule has 156 valence electrons. The van der Waals surface area contributed by atoms with E-state index in [2.05, 4.69) is 40.1 Å². The van der Waals surface area contributed by atoms with Crippen molar-refractivity contribution in [2.24, 2.45) is 0 Å². The van der Waals surface area contributed by atoms with Gasteiger partial charge >= 0.3 is 0 Å². The Labute approximate surface area is 179 Å². The van der Waals surface area contributed by atoms with Crippen molar-refractivity contribution in [2.45, 2.75) is 32.2 Å². The van der Waals surface area contributed by atoms with Crippen LogP contribution in [0.4, 0.5) is 10.9 Å². The van der Waals surface area contributed by atoms with Crippen molar-refractivity contribution < 1.29 is 9.59 Å². The summed E-state index contributed by atoms with van der Waals surface area (Å²) >= 11 is 1.30. The number of fused-ring (bicyclic) bond motifs is 1. The van der Waals surface area contributed by atoms with Crippen molar-refractivity contribution in [1.82, 2.24) is 14.9 Å². The van der Waals surface area contributed by atoms with Crippen LogP contribution in [0.1, 0.15) is 41.2 Å². The average molecular weight is 424 g/mol. The van der Waals surface area contributed by atoms with E-state index in [9.17, 15) is 9.59 Å². The number of aromatic nitrogens is 2. The van der Waals surface area contributed by atoms with Gasteiger partial charge in [0.05, 0.1) is 21.6 Å². The highest BCUT2D eigenvalue weighted by Crippen LogP contribution is 2.31. The first-order valence-electron chi connectivity index (χ1n) is 10.1. The van der Waals surface area contributed by atoms with Gasteiger partial charge in [-0.1, -0.05) is 25.1 Å². The molecule has 1 fully saturated rings. The number of hydrogen-bond donors (Lipinski definition) is 3. The van der Waals surface area contributed by atoms with Crippen LogP contribution in [0, 0.1) is 6.92 Å². The second kappa shape index (κ2) is 8.81. The largest absolute Gasteiger partial charge is 0.315 e. The van der Waals surface area contributed by atoms with Crippen molar-refractivity contribution in [1.29, 1.82) is 0 Å². The van der Waals surface area contributed by atoms with Gasteiger partial charge in [0, 0.05) is 18.0 Å². The summed E-state index contributed by atoms with van der Waals surface area (Å²) in [5.74, 6) is 0.00367. The summed E-state index contributed by atoms with van der Waals surface area (Å²) in [4.78, 5) is 29.2. The molecule has 3 heterocycles. The molecule has 0 unspecified atom stereocenters. The second-order valence-electron chi connectivity index (χ2n) is 7.45. The highest BCUT2D eigenvalue weighted by molar-refractivity contribution is 7.14. The normalized spacial score (nSPS) is 16.8. The van der Waals surface area contributed by atoms with Crippen LogP contribution in [0.3, 0.4) is 0 Å². The lowest BCUT2D eigenvalue weighted by Crippen LogP contribution is -2.25. The van der Waals surface area contributed by atoms with Crippen LogP contribution in [-0.4, -0.2) is 34.5 Å². The molecule has 1 atom stereocenters. The van der Waals surface area contributed by atoms with Crippen LogP contribution in [0.25, 0.3) is 11.0 Å². The fourth-order valence-electron chi connectivity index (χ4n) is 3.85. The lowest BCUT2D eigenvalue weighted by molar-refractivity contribution is -0.111. The molecule has 0 saturated carbocycles. The number of hydrogen-bond acceptors (Lipinski definition) is 5. The third-order valence-electron chi connectivity index (χ3n) is 5.32. The zero-order valence-corrected chi connectivity index (χ0v) is 17.7. The third kappa shape index (κ3) is 4.15. The van der Waals surface area contributed by atoms with Gasteiger partial charge in [-0.25, -0.2) is 4.98 Å². The number of carbonyl (C=O) groups excluding carboxylic acids is 2. The lowest BCUT2D eigenvalue weighted by atomic mass is 10.1. The van der Waals surface area contributed by atoms with Gasteiger partial charge in [-0.2, -0.15) is 0 Å². The number of nitrogens with zero attached hydrogens (tertiary/aromatic N) is 2. The molecule has 8 heteroatoms. The van der Waals surface area contributed by atoms with Crippen molar-refractivity contribution in [3.8, 4) is 0 Å². The number of nitrogens with one attached hydrogen (secondary N) is 3. The average Bonchev–Trinajstić information content (AvgIpc) is 3.24. The molecule has 3 N–H and O–H groups in total. The minimum Gasteiger partial charge on any atom is -0.315 e. The lowest BCUT2D eigenvalue weighted by Gasteiger charge is -2.21. The third-order valence-corrected chi connectivity index (χ3v) is 6.16. The Balaban J connectivity index is 1.66. The minimum absolute atomic E-state index is 0.221. The monoisotopic (exact) mass is 423 g/mol. The summed E-state index contributed by atoms with van der Waals surface area (Å²) < 4.78 is 2.17. The Hall–Kier alpha value is -2.97. The number of carbonyl (C=O) groups is 2. The van der Waals surface area contributed by atoms with E-state index in [1.165, 1.54) is 17.4 Å². The molecular weight excluding hydrogens is 398 g/mol. The van der Waals surface area contributed by atoms with Crippen LogP contribution in [0.2, 0.25) is 0 Å². The Bertz CT molecular complexity index is 1090. The van der Waals surface area contributed by atoms with Crippen LogP contribution >= 0.6 is 11.3 Å². The summed E-state index contributed by atoms with van der Waals surface area (Å²) in [6, 6.07) is 7.92. The molecule has 1 saturated heterocycles. The summed E-state index contributed by atoms with van der Waals surface area (Å²) in [5, 5.41) is 11.5. The number of anilines is 2. The fraction of sp³-hybridized carbons (Fsp3) is 0.318. The van der Waals surface area contributed by atoms with Gasteiger partial charge in [-0.05, 0) is 50.1 Å². The maximum atomic E-state index is 12.9. The van der Waals surface area contributed by atoms with Crippen LogP contribution in [0.15, 0.2) is 42.3 Å². The summed E-state index contributed by atoms with van der Waals surface area (Å²) in [5.41, 5.74) is 3.55. The number of amides is 2. The number of aryl methyl sites for hydroxylation is 1. The van der Waals surface area contributed by atoms with Gasteiger partial charge in [0.2, 0.25) is 11.9 Å². The first-order valence-corrected chi connectivity index (χ1v) is 11.0. The molecule has 0 spiro atoms. The van der Waals surface area contributed by atoms with Crippen molar-refractivity contribution >= 4 is 45.1 Å². The number of benzene rings is 1. The molecule has 4 rings (SSSR count). The van der Waals surface area contributed by atoms with E-state index < -0.39 is 0 Å². The van der Waals surface area contributed by atoms with E-state index >= 15 is 0 Å². The standard InChI is InChI=1S/C22H25N5O2S/c1-3-18(28)25-19-11-15(13-30-19)21(29)26-22-24-17-9-6-7-14(2)20(17)27(22)16-8-4-5-10-23-12-16/h3,6-7,9,11,13,16,23H,1,4-5,8,10,12H2,2H3,(H,25,28)(H,24,26,29)/t16-/m1/s1. The highest BCUT2D eigenvalue weighted by atomic mass is 32.1. The van der Waals surface area contributed by atoms with Crippen LogP contribution in [0.5, 0.6) is 0 Å². The highest BCUT2D eigenvalue weighted by Gasteiger charge is 2.23.